The zero-order valence-corrected chi connectivity index (χ0v) is 16.6. The maximum Gasteiger partial charge on any atom is 0.408 e. The Morgan fingerprint density at radius 2 is 1.89 bits per heavy atom. The number of methoxy groups -OCH3 is 2. The number of benzene rings is 1. The van der Waals surface area contributed by atoms with Crippen LogP contribution in [-0.4, -0.2) is 56.1 Å². The summed E-state index contributed by atoms with van der Waals surface area (Å²) in [6.45, 7) is 5.59. The fraction of sp³-hybridized carbons (Fsp3) is 0.556. The Bertz CT molecular complexity index is 699. The molecule has 0 saturated carbocycles. The molecule has 1 aromatic rings. The number of amides is 1. The lowest BCUT2D eigenvalue weighted by Gasteiger charge is -2.22. The number of nitro groups is 1. The van der Waals surface area contributed by atoms with Crippen molar-refractivity contribution in [2.24, 2.45) is 0 Å². The van der Waals surface area contributed by atoms with Gasteiger partial charge in [0.15, 0.2) is 0 Å². The van der Waals surface area contributed by atoms with Gasteiger partial charge in [-0.15, -0.1) is 0 Å². The first-order valence-electron chi connectivity index (χ1n) is 8.53. The fourth-order valence-electron chi connectivity index (χ4n) is 2.22. The van der Waals surface area contributed by atoms with Crippen LogP contribution in [0.1, 0.15) is 26.3 Å². The van der Waals surface area contributed by atoms with Gasteiger partial charge >= 0.3 is 12.1 Å². The summed E-state index contributed by atoms with van der Waals surface area (Å²) in [4.78, 5) is 34.9. The summed E-state index contributed by atoms with van der Waals surface area (Å²) in [5.41, 5.74) is -0.775. The van der Waals surface area contributed by atoms with Gasteiger partial charge in [-0.2, -0.15) is 0 Å². The molecular weight excluding hydrogens is 372 g/mol. The third-order valence-corrected chi connectivity index (χ3v) is 3.41. The number of ether oxygens (including phenoxy) is 4. The molecule has 156 valence electrons. The lowest BCUT2D eigenvalue weighted by Crippen LogP contribution is -2.45. The van der Waals surface area contributed by atoms with Crippen molar-refractivity contribution in [2.75, 3.05) is 27.4 Å². The molecule has 1 rings (SSSR count). The van der Waals surface area contributed by atoms with E-state index in [9.17, 15) is 19.7 Å². The monoisotopic (exact) mass is 398 g/mol. The van der Waals surface area contributed by atoms with E-state index in [1.54, 1.807) is 26.8 Å². The standard InChI is InChI=1S/C18H26N2O8/c1-18(2,3)28-17(22)19-14(16(21)26-5)10-12-6-7-13(27-9-8-25-4)11-15(12)20(23)24/h6-7,11,14H,8-10H2,1-5H3,(H,19,22)/t14-/m0/s1. The Morgan fingerprint density at radius 3 is 2.43 bits per heavy atom. The molecule has 0 bridgehead atoms. The van der Waals surface area contributed by atoms with Crippen molar-refractivity contribution in [3.05, 3.63) is 33.9 Å². The van der Waals surface area contributed by atoms with E-state index < -0.39 is 28.6 Å². The smallest absolute Gasteiger partial charge is 0.408 e. The van der Waals surface area contributed by atoms with Gasteiger partial charge in [-0.25, -0.2) is 9.59 Å². The van der Waals surface area contributed by atoms with E-state index in [0.717, 1.165) is 7.11 Å². The summed E-state index contributed by atoms with van der Waals surface area (Å²) in [6, 6.07) is 3.11. The highest BCUT2D eigenvalue weighted by molar-refractivity contribution is 5.82. The van der Waals surface area contributed by atoms with Crippen molar-refractivity contribution < 1.29 is 33.5 Å². The summed E-state index contributed by atoms with van der Waals surface area (Å²) in [5.74, 6) is -0.456. The van der Waals surface area contributed by atoms with Gasteiger partial charge in [-0.05, 0) is 32.9 Å². The number of alkyl carbamates (subject to hydrolysis) is 1. The van der Waals surface area contributed by atoms with Gasteiger partial charge in [0.2, 0.25) is 0 Å². The van der Waals surface area contributed by atoms with Crippen LogP contribution >= 0.6 is 0 Å². The summed E-state index contributed by atoms with van der Waals surface area (Å²) in [5, 5.41) is 13.8. The van der Waals surface area contributed by atoms with Gasteiger partial charge in [0.25, 0.3) is 5.69 Å². The Balaban J connectivity index is 3.02. The molecule has 0 heterocycles. The van der Waals surface area contributed by atoms with Gasteiger partial charge < -0.3 is 24.3 Å². The number of carbonyl (C=O) groups excluding carboxylic acids is 2. The average Bonchev–Trinajstić information content (AvgIpc) is 2.59. The zero-order valence-electron chi connectivity index (χ0n) is 16.6. The highest BCUT2D eigenvalue weighted by Crippen LogP contribution is 2.26. The van der Waals surface area contributed by atoms with E-state index in [1.807, 2.05) is 0 Å². The SMILES string of the molecule is COCCOc1ccc(C[C@H](NC(=O)OC(C)(C)C)C(=O)OC)c([N+](=O)[O-])c1. The fourth-order valence-corrected chi connectivity index (χ4v) is 2.22. The lowest BCUT2D eigenvalue weighted by molar-refractivity contribution is -0.385. The van der Waals surface area contributed by atoms with Crippen LogP contribution in [0.2, 0.25) is 0 Å². The molecule has 0 radical (unpaired) electrons. The minimum absolute atomic E-state index is 0.152. The molecule has 0 unspecified atom stereocenters. The number of nitro benzene ring substituents is 1. The molecule has 1 amide bonds. The van der Waals surface area contributed by atoms with Crippen LogP contribution in [0.25, 0.3) is 0 Å². The Kier molecular flexibility index (Phi) is 8.65. The van der Waals surface area contributed by atoms with Crippen LogP contribution in [-0.2, 0) is 25.4 Å². The number of esters is 1. The van der Waals surface area contributed by atoms with Gasteiger partial charge in [0.1, 0.15) is 24.0 Å². The molecule has 0 aliphatic carbocycles. The predicted octanol–water partition coefficient (Wildman–Crippen LogP) is 2.23. The van der Waals surface area contributed by atoms with E-state index in [-0.39, 0.29) is 24.3 Å². The highest BCUT2D eigenvalue weighted by atomic mass is 16.6. The highest BCUT2D eigenvalue weighted by Gasteiger charge is 2.28. The molecular formula is C18H26N2O8. The van der Waals surface area contributed by atoms with Crippen molar-refractivity contribution in [1.82, 2.24) is 5.32 Å². The molecule has 0 aliphatic rings. The molecule has 0 fully saturated rings. The van der Waals surface area contributed by atoms with Gasteiger partial charge in [0, 0.05) is 19.1 Å². The summed E-state index contributed by atoms with van der Waals surface area (Å²) >= 11 is 0. The van der Waals surface area contributed by atoms with Crippen molar-refractivity contribution in [1.29, 1.82) is 0 Å². The summed E-state index contributed by atoms with van der Waals surface area (Å²) < 4.78 is 20.1. The lowest BCUT2D eigenvalue weighted by atomic mass is 10.0. The van der Waals surface area contributed by atoms with E-state index >= 15 is 0 Å². The van der Waals surface area contributed by atoms with E-state index in [1.165, 1.54) is 19.2 Å². The normalized spacial score (nSPS) is 12.0. The molecule has 10 heteroatoms. The Labute approximate surface area is 163 Å². The van der Waals surface area contributed by atoms with Crippen molar-refractivity contribution >= 4 is 17.7 Å². The van der Waals surface area contributed by atoms with Crippen LogP contribution in [0.5, 0.6) is 5.75 Å². The van der Waals surface area contributed by atoms with Crippen LogP contribution in [0, 0.1) is 10.1 Å². The number of rotatable bonds is 9. The number of hydrogen-bond donors (Lipinski definition) is 1. The first-order valence-corrected chi connectivity index (χ1v) is 8.53. The van der Waals surface area contributed by atoms with Crippen LogP contribution in [0.4, 0.5) is 10.5 Å². The molecule has 0 aliphatic heterocycles. The minimum Gasteiger partial charge on any atom is -0.491 e. The van der Waals surface area contributed by atoms with E-state index in [0.29, 0.717) is 12.4 Å². The predicted molar refractivity (Wildman–Crippen MR) is 99.3 cm³/mol. The topological polar surface area (TPSA) is 126 Å². The minimum atomic E-state index is -1.15. The number of carbonyl (C=O) groups is 2. The Hall–Kier alpha value is -2.88. The van der Waals surface area contributed by atoms with Gasteiger partial charge in [-0.1, -0.05) is 0 Å². The van der Waals surface area contributed by atoms with Gasteiger partial charge in [-0.3, -0.25) is 10.1 Å². The molecule has 1 N–H and O–H groups in total. The van der Waals surface area contributed by atoms with E-state index in [4.69, 9.17) is 14.2 Å². The second-order valence-electron chi connectivity index (χ2n) is 6.81. The number of nitrogens with zero attached hydrogens (tertiary/aromatic N) is 1. The van der Waals surface area contributed by atoms with Crippen molar-refractivity contribution in [3.63, 3.8) is 0 Å². The third-order valence-electron chi connectivity index (χ3n) is 3.41. The zero-order chi connectivity index (χ0) is 21.3. The van der Waals surface area contributed by atoms with Crippen molar-refractivity contribution in [2.45, 2.75) is 38.8 Å². The average molecular weight is 398 g/mol. The van der Waals surface area contributed by atoms with Crippen molar-refractivity contribution in [3.8, 4) is 5.75 Å². The molecule has 0 aromatic heterocycles. The van der Waals surface area contributed by atoms with Gasteiger partial charge in [0.05, 0.1) is 24.7 Å². The second-order valence-corrected chi connectivity index (χ2v) is 6.81. The third kappa shape index (κ3) is 7.78. The first-order chi connectivity index (χ1) is 13.1. The summed E-state index contributed by atoms with van der Waals surface area (Å²) in [7, 11) is 2.67. The molecule has 1 atom stereocenters. The van der Waals surface area contributed by atoms with Crippen LogP contribution < -0.4 is 10.1 Å². The van der Waals surface area contributed by atoms with E-state index in [2.05, 4.69) is 10.1 Å². The molecule has 0 saturated heterocycles. The molecule has 10 nitrogen and oxygen atoms in total. The quantitative estimate of drug-likeness (QED) is 0.290. The Morgan fingerprint density at radius 1 is 1.21 bits per heavy atom. The number of nitrogens with one attached hydrogen (secondary N) is 1. The molecule has 28 heavy (non-hydrogen) atoms. The number of hydrogen-bond acceptors (Lipinski definition) is 8. The van der Waals surface area contributed by atoms with Crippen LogP contribution in [0.15, 0.2) is 18.2 Å². The maximum absolute atomic E-state index is 12.0. The summed E-state index contributed by atoms with van der Waals surface area (Å²) in [6.07, 6.45) is -0.981. The molecule has 1 aromatic carbocycles. The second kappa shape index (κ2) is 10.5. The maximum atomic E-state index is 12.0. The molecule has 0 spiro atoms. The van der Waals surface area contributed by atoms with Crippen LogP contribution in [0.3, 0.4) is 0 Å². The largest absolute Gasteiger partial charge is 0.491 e. The first kappa shape index (κ1) is 23.2.